The molecular weight excluding hydrogens is 484 g/mol. The molecule has 2 aliphatic rings. The minimum atomic E-state index is -1.08. The molecule has 1 aromatic rings. The van der Waals surface area contributed by atoms with E-state index in [1.54, 1.807) is 0 Å². The van der Waals surface area contributed by atoms with E-state index in [1.807, 2.05) is 51.1 Å². The molecule has 0 amide bonds. The van der Waals surface area contributed by atoms with E-state index in [1.165, 1.54) is 0 Å². The predicted octanol–water partition coefficient (Wildman–Crippen LogP) is 5.12. The molecule has 2 aliphatic carbocycles. The molecule has 1 unspecified atom stereocenters. The summed E-state index contributed by atoms with van der Waals surface area (Å²) in [5.41, 5.74) is 0.297. The van der Waals surface area contributed by atoms with Gasteiger partial charge in [-0.1, -0.05) is 50.6 Å². The fourth-order valence-electron chi connectivity index (χ4n) is 6.73. The standard InChI is InChI=1S/C31H48O7/c1-5-31(3,4)30(37)38-26-16-22(29(36)20-9-7-6-8-10-20)15-21-12-11-19(2)25(28(21)26)14-13-23(32)17-24(33)18-27(34)35/h6-10,19,21-26,28-29,32-33,36H,5,11-18H2,1-4H3,(H,34,35)/t19-,21-,22-,23+,24+,25-,26-,28+,29?/m0/s1. The number of ether oxygens (including phenoxy) is 1. The Morgan fingerprint density at radius 2 is 1.74 bits per heavy atom. The van der Waals surface area contributed by atoms with Crippen LogP contribution in [0.3, 0.4) is 0 Å². The fraction of sp³-hybridized carbons (Fsp3) is 0.742. The number of carboxylic acid groups (broad SMARTS) is 1. The predicted molar refractivity (Wildman–Crippen MR) is 145 cm³/mol. The van der Waals surface area contributed by atoms with Crippen molar-refractivity contribution in [3.63, 3.8) is 0 Å². The third kappa shape index (κ3) is 7.80. The lowest BCUT2D eigenvalue weighted by molar-refractivity contribution is -0.176. The van der Waals surface area contributed by atoms with Gasteiger partial charge in [0.2, 0.25) is 0 Å². The highest BCUT2D eigenvalue weighted by Gasteiger charge is 2.49. The largest absolute Gasteiger partial charge is 0.481 e. The Hall–Kier alpha value is -1.96. The average molecular weight is 533 g/mol. The van der Waals surface area contributed by atoms with Gasteiger partial charge in [0.1, 0.15) is 6.10 Å². The van der Waals surface area contributed by atoms with Crippen LogP contribution in [-0.4, -0.2) is 50.7 Å². The van der Waals surface area contributed by atoms with Gasteiger partial charge in [-0.05, 0) is 88.0 Å². The Kier molecular flexibility index (Phi) is 10.8. The molecule has 214 valence electrons. The lowest BCUT2D eigenvalue weighted by Gasteiger charge is -2.51. The molecule has 2 fully saturated rings. The Bertz CT molecular complexity index is 901. The maximum atomic E-state index is 13.2. The molecule has 7 nitrogen and oxygen atoms in total. The van der Waals surface area contributed by atoms with Crippen molar-refractivity contribution in [2.45, 2.75) is 110 Å². The quantitative estimate of drug-likeness (QED) is 0.275. The molecule has 7 heteroatoms. The number of rotatable bonds is 12. The van der Waals surface area contributed by atoms with Gasteiger partial charge in [0, 0.05) is 5.92 Å². The molecule has 0 aliphatic heterocycles. The molecule has 0 spiro atoms. The second kappa shape index (κ2) is 13.4. The number of benzene rings is 1. The van der Waals surface area contributed by atoms with Crippen LogP contribution in [0.5, 0.6) is 0 Å². The molecule has 9 atom stereocenters. The summed E-state index contributed by atoms with van der Waals surface area (Å²) in [6.45, 7) is 8.03. The Balaban J connectivity index is 1.79. The zero-order valence-electron chi connectivity index (χ0n) is 23.5. The first kappa shape index (κ1) is 30.6. The van der Waals surface area contributed by atoms with Crippen molar-refractivity contribution in [2.75, 3.05) is 0 Å². The summed E-state index contributed by atoms with van der Waals surface area (Å²) >= 11 is 0. The van der Waals surface area contributed by atoms with Crippen molar-refractivity contribution in [3.8, 4) is 0 Å². The minimum Gasteiger partial charge on any atom is -0.481 e. The smallest absolute Gasteiger partial charge is 0.311 e. The molecule has 0 heterocycles. The first-order valence-corrected chi connectivity index (χ1v) is 14.4. The average Bonchev–Trinajstić information content (AvgIpc) is 2.87. The summed E-state index contributed by atoms with van der Waals surface area (Å²) in [5.74, 6) is -0.209. The van der Waals surface area contributed by atoms with Crippen molar-refractivity contribution < 1.29 is 34.8 Å². The summed E-state index contributed by atoms with van der Waals surface area (Å²) in [6.07, 6.45) is 2.27. The van der Waals surface area contributed by atoms with Gasteiger partial charge in [0.15, 0.2) is 0 Å². The maximum absolute atomic E-state index is 13.2. The first-order chi connectivity index (χ1) is 17.9. The van der Waals surface area contributed by atoms with Crippen molar-refractivity contribution in [3.05, 3.63) is 35.9 Å². The number of hydrogen-bond donors (Lipinski definition) is 4. The highest BCUT2D eigenvalue weighted by atomic mass is 16.5. The number of esters is 1. The van der Waals surface area contributed by atoms with Crippen molar-refractivity contribution >= 4 is 11.9 Å². The fourth-order valence-corrected chi connectivity index (χ4v) is 6.73. The van der Waals surface area contributed by atoms with Crippen LogP contribution in [0.4, 0.5) is 0 Å². The third-order valence-corrected chi connectivity index (χ3v) is 9.40. The van der Waals surface area contributed by atoms with E-state index in [9.17, 15) is 24.9 Å². The van der Waals surface area contributed by atoms with Gasteiger partial charge < -0.3 is 25.2 Å². The lowest BCUT2D eigenvalue weighted by Crippen LogP contribution is -2.49. The van der Waals surface area contributed by atoms with E-state index in [4.69, 9.17) is 9.84 Å². The molecule has 4 N–H and O–H groups in total. The number of aliphatic hydroxyl groups excluding tert-OH is 3. The Morgan fingerprint density at radius 1 is 1.05 bits per heavy atom. The minimum absolute atomic E-state index is 0.00741. The normalized spacial score (nSPS) is 30.1. The monoisotopic (exact) mass is 532 g/mol. The van der Waals surface area contributed by atoms with Crippen LogP contribution >= 0.6 is 0 Å². The SMILES string of the molecule is CCC(C)(C)C(=O)O[C@H]1C[C@@H](C(O)c2ccccc2)C[C@@H]2CC[C@H](C)[C@H](CC[C@@H](O)C[C@@H](O)CC(=O)O)[C@@H]21. The summed E-state index contributed by atoms with van der Waals surface area (Å²) in [7, 11) is 0. The number of aliphatic hydroxyl groups is 3. The summed E-state index contributed by atoms with van der Waals surface area (Å²) in [6, 6.07) is 9.70. The molecule has 0 radical (unpaired) electrons. The van der Waals surface area contributed by atoms with E-state index >= 15 is 0 Å². The summed E-state index contributed by atoms with van der Waals surface area (Å²) in [5, 5.41) is 40.7. The summed E-state index contributed by atoms with van der Waals surface area (Å²) in [4.78, 5) is 24.1. The molecule has 0 saturated heterocycles. The molecule has 0 bridgehead atoms. The number of fused-ring (bicyclic) bond motifs is 1. The topological polar surface area (TPSA) is 124 Å². The van der Waals surface area contributed by atoms with Crippen LogP contribution in [0.15, 0.2) is 30.3 Å². The molecule has 1 aromatic carbocycles. The van der Waals surface area contributed by atoms with E-state index in [-0.39, 0.29) is 42.7 Å². The number of carbonyl (C=O) groups excluding carboxylic acids is 1. The van der Waals surface area contributed by atoms with Gasteiger partial charge >= 0.3 is 11.9 Å². The molecule has 0 aromatic heterocycles. The van der Waals surface area contributed by atoms with Crippen LogP contribution in [-0.2, 0) is 14.3 Å². The number of carbonyl (C=O) groups is 2. The van der Waals surface area contributed by atoms with Crippen molar-refractivity contribution in [1.82, 2.24) is 0 Å². The van der Waals surface area contributed by atoms with Crippen LogP contribution in [0.1, 0.15) is 97.1 Å². The van der Waals surface area contributed by atoms with Gasteiger partial charge in [-0.15, -0.1) is 0 Å². The molecule has 3 rings (SSSR count). The number of aliphatic carboxylic acids is 1. The van der Waals surface area contributed by atoms with Crippen LogP contribution in [0, 0.1) is 35.0 Å². The highest BCUT2D eigenvalue weighted by Crippen LogP contribution is 2.52. The van der Waals surface area contributed by atoms with Gasteiger partial charge in [0.05, 0.1) is 30.1 Å². The second-order valence-electron chi connectivity index (χ2n) is 12.5. The van der Waals surface area contributed by atoms with Crippen molar-refractivity contribution in [2.24, 2.45) is 35.0 Å². The molecular formula is C31H48O7. The van der Waals surface area contributed by atoms with Crippen LogP contribution < -0.4 is 0 Å². The van der Waals surface area contributed by atoms with Gasteiger partial charge in [0.25, 0.3) is 0 Å². The highest BCUT2D eigenvalue weighted by molar-refractivity contribution is 5.76. The third-order valence-electron chi connectivity index (χ3n) is 9.40. The second-order valence-corrected chi connectivity index (χ2v) is 12.5. The summed E-state index contributed by atoms with van der Waals surface area (Å²) < 4.78 is 6.31. The zero-order chi connectivity index (χ0) is 28.0. The number of carboxylic acids is 1. The first-order valence-electron chi connectivity index (χ1n) is 14.4. The van der Waals surface area contributed by atoms with Crippen molar-refractivity contribution in [1.29, 1.82) is 0 Å². The van der Waals surface area contributed by atoms with Crippen LogP contribution in [0.2, 0.25) is 0 Å². The van der Waals surface area contributed by atoms with Gasteiger partial charge in [-0.25, -0.2) is 0 Å². The Labute approximate surface area is 227 Å². The molecule has 38 heavy (non-hydrogen) atoms. The van der Waals surface area contributed by atoms with E-state index < -0.39 is 29.7 Å². The van der Waals surface area contributed by atoms with E-state index in [2.05, 4.69) is 6.92 Å². The van der Waals surface area contributed by atoms with Gasteiger partial charge in [-0.3, -0.25) is 9.59 Å². The van der Waals surface area contributed by atoms with E-state index in [0.29, 0.717) is 31.1 Å². The maximum Gasteiger partial charge on any atom is 0.311 e. The lowest BCUT2D eigenvalue weighted by atomic mass is 9.57. The zero-order valence-corrected chi connectivity index (χ0v) is 23.5. The van der Waals surface area contributed by atoms with Crippen LogP contribution in [0.25, 0.3) is 0 Å². The Morgan fingerprint density at radius 3 is 2.37 bits per heavy atom. The molecule has 2 saturated carbocycles. The number of hydrogen-bond acceptors (Lipinski definition) is 6. The van der Waals surface area contributed by atoms with Gasteiger partial charge in [-0.2, -0.15) is 0 Å². The van der Waals surface area contributed by atoms with E-state index in [0.717, 1.165) is 31.2 Å².